The highest BCUT2D eigenvalue weighted by Crippen LogP contribution is 2.26. The first kappa shape index (κ1) is 12.3. The maximum atomic E-state index is 5.88. The van der Waals surface area contributed by atoms with Crippen molar-refractivity contribution in [1.82, 2.24) is 9.88 Å². The minimum atomic E-state index is 0.506. The molecular formula is C11H18ClN3S. The van der Waals surface area contributed by atoms with E-state index in [0.29, 0.717) is 6.04 Å². The molecule has 2 N–H and O–H groups in total. The van der Waals surface area contributed by atoms with Gasteiger partial charge in [-0.05, 0) is 25.3 Å². The van der Waals surface area contributed by atoms with E-state index in [1.54, 1.807) is 17.5 Å². The first-order chi connectivity index (χ1) is 7.69. The van der Waals surface area contributed by atoms with Gasteiger partial charge in [-0.15, -0.1) is 11.3 Å². The molecule has 3 nitrogen and oxygen atoms in total. The van der Waals surface area contributed by atoms with Gasteiger partial charge in [0.25, 0.3) is 0 Å². The lowest BCUT2D eigenvalue weighted by molar-refractivity contribution is 0.115. The molecular weight excluding hydrogens is 242 g/mol. The molecule has 1 aliphatic heterocycles. The van der Waals surface area contributed by atoms with Gasteiger partial charge in [0, 0.05) is 12.6 Å². The van der Waals surface area contributed by atoms with Gasteiger partial charge in [-0.3, -0.25) is 4.90 Å². The number of rotatable bonds is 3. The van der Waals surface area contributed by atoms with Gasteiger partial charge in [0.05, 0.1) is 12.7 Å². The summed E-state index contributed by atoms with van der Waals surface area (Å²) in [7, 11) is 0. The smallest absolute Gasteiger partial charge is 0.113 e. The third kappa shape index (κ3) is 2.94. The Hall–Kier alpha value is -0.160. The zero-order valence-corrected chi connectivity index (χ0v) is 11.1. The molecule has 1 aliphatic rings. The van der Waals surface area contributed by atoms with E-state index < -0.39 is 0 Å². The first-order valence-electron chi connectivity index (χ1n) is 5.73. The van der Waals surface area contributed by atoms with Gasteiger partial charge in [0.2, 0.25) is 0 Å². The molecule has 0 aromatic carbocycles. The van der Waals surface area contributed by atoms with E-state index in [1.807, 2.05) is 0 Å². The Bertz CT molecular complexity index is 342. The van der Waals surface area contributed by atoms with Crippen molar-refractivity contribution in [2.24, 2.45) is 11.7 Å². The summed E-state index contributed by atoms with van der Waals surface area (Å²) in [5.41, 5.74) is 5.83. The number of piperidine rings is 1. The molecule has 90 valence electrons. The molecule has 0 spiro atoms. The fourth-order valence-electron chi connectivity index (χ4n) is 2.29. The summed E-state index contributed by atoms with van der Waals surface area (Å²) in [6.45, 7) is 5.07. The van der Waals surface area contributed by atoms with E-state index in [1.165, 1.54) is 12.8 Å². The van der Waals surface area contributed by atoms with Crippen molar-refractivity contribution < 1.29 is 0 Å². The molecule has 2 heterocycles. The topological polar surface area (TPSA) is 42.2 Å². The Morgan fingerprint density at radius 1 is 1.69 bits per heavy atom. The summed E-state index contributed by atoms with van der Waals surface area (Å²) in [5, 5.41) is 1.10. The van der Waals surface area contributed by atoms with Gasteiger partial charge in [0.1, 0.15) is 9.34 Å². The van der Waals surface area contributed by atoms with Crippen LogP contribution >= 0.6 is 22.9 Å². The van der Waals surface area contributed by atoms with Crippen LogP contribution in [0.3, 0.4) is 0 Å². The van der Waals surface area contributed by atoms with Crippen molar-refractivity contribution in [1.29, 1.82) is 0 Å². The van der Waals surface area contributed by atoms with Gasteiger partial charge >= 0.3 is 0 Å². The lowest BCUT2D eigenvalue weighted by Crippen LogP contribution is -2.45. The van der Waals surface area contributed by atoms with E-state index in [4.69, 9.17) is 17.3 Å². The maximum Gasteiger partial charge on any atom is 0.113 e. The SMILES string of the molecule is CC1CCN(Cc2ncc(Cl)s2)C(CN)C1. The van der Waals surface area contributed by atoms with Gasteiger partial charge < -0.3 is 5.73 Å². The molecule has 2 unspecified atom stereocenters. The Balaban J connectivity index is 1.97. The quantitative estimate of drug-likeness (QED) is 0.906. The fraction of sp³-hybridized carbons (Fsp3) is 0.727. The second kappa shape index (κ2) is 5.45. The molecule has 0 radical (unpaired) electrons. The molecule has 1 fully saturated rings. The molecule has 2 atom stereocenters. The normalized spacial score (nSPS) is 27.2. The minimum Gasteiger partial charge on any atom is -0.329 e. The third-order valence-corrected chi connectivity index (χ3v) is 4.34. The second-order valence-electron chi connectivity index (χ2n) is 4.55. The van der Waals surface area contributed by atoms with Crippen molar-refractivity contribution in [3.8, 4) is 0 Å². The van der Waals surface area contributed by atoms with Crippen LogP contribution in [0.25, 0.3) is 0 Å². The summed E-state index contributed by atoms with van der Waals surface area (Å²) in [6.07, 6.45) is 4.19. The highest BCUT2D eigenvalue weighted by Gasteiger charge is 2.25. The number of hydrogen-bond acceptors (Lipinski definition) is 4. The zero-order chi connectivity index (χ0) is 11.5. The Labute approximate surface area is 106 Å². The van der Waals surface area contributed by atoms with E-state index in [2.05, 4.69) is 16.8 Å². The van der Waals surface area contributed by atoms with Crippen LogP contribution in [0.5, 0.6) is 0 Å². The highest BCUT2D eigenvalue weighted by atomic mass is 35.5. The predicted molar refractivity (Wildman–Crippen MR) is 68.8 cm³/mol. The van der Waals surface area contributed by atoms with Crippen LogP contribution in [0.1, 0.15) is 24.8 Å². The van der Waals surface area contributed by atoms with Gasteiger partial charge in [-0.25, -0.2) is 4.98 Å². The zero-order valence-electron chi connectivity index (χ0n) is 9.53. The standard InChI is InChI=1S/C11H18ClN3S/c1-8-2-3-15(9(4-8)5-13)7-11-14-6-10(12)16-11/h6,8-9H,2-5,7,13H2,1H3. The number of nitrogens with two attached hydrogens (primary N) is 1. The first-order valence-corrected chi connectivity index (χ1v) is 6.92. The van der Waals surface area contributed by atoms with E-state index in [9.17, 15) is 0 Å². The summed E-state index contributed by atoms with van der Waals surface area (Å²) in [4.78, 5) is 6.74. The molecule has 5 heteroatoms. The van der Waals surface area contributed by atoms with E-state index in [-0.39, 0.29) is 0 Å². The summed E-state index contributed by atoms with van der Waals surface area (Å²) < 4.78 is 0.768. The molecule has 0 saturated carbocycles. The Morgan fingerprint density at radius 3 is 3.12 bits per heavy atom. The minimum absolute atomic E-state index is 0.506. The van der Waals surface area contributed by atoms with Crippen molar-refractivity contribution >= 4 is 22.9 Å². The van der Waals surface area contributed by atoms with Gasteiger partial charge in [-0.2, -0.15) is 0 Å². The van der Waals surface area contributed by atoms with Crippen LogP contribution in [0.4, 0.5) is 0 Å². The summed E-state index contributed by atoms with van der Waals surface area (Å²) in [6, 6.07) is 0.506. The lowest BCUT2D eigenvalue weighted by atomic mass is 9.92. The van der Waals surface area contributed by atoms with Gasteiger partial charge in [-0.1, -0.05) is 18.5 Å². The number of likely N-dealkylation sites (tertiary alicyclic amines) is 1. The molecule has 0 bridgehead atoms. The summed E-state index contributed by atoms with van der Waals surface area (Å²) >= 11 is 7.45. The van der Waals surface area contributed by atoms with Crippen molar-refractivity contribution in [3.63, 3.8) is 0 Å². The molecule has 1 saturated heterocycles. The average Bonchev–Trinajstić information content (AvgIpc) is 2.67. The third-order valence-electron chi connectivity index (χ3n) is 3.24. The van der Waals surface area contributed by atoms with Crippen LogP contribution in [0, 0.1) is 5.92 Å². The number of aromatic nitrogens is 1. The van der Waals surface area contributed by atoms with Crippen LogP contribution < -0.4 is 5.73 Å². The number of halogens is 1. The second-order valence-corrected chi connectivity index (χ2v) is 6.29. The predicted octanol–water partition coefficient (Wildman–Crippen LogP) is 2.36. The van der Waals surface area contributed by atoms with Crippen molar-refractivity contribution in [3.05, 3.63) is 15.5 Å². The van der Waals surface area contributed by atoms with Gasteiger partial charge in [0.15, 0.2) is 0 Å². The van der Waals surface area contributed by atoms with Crippen LogP contribution in [0.2, 0.25) is 4.34 Å². The Morgan fingerprint density at radius 2 is 2.50 bits per heavy atom. The largest absolute Gasteiger partial charge is 0.329 e. The van der Waals surface area contributed by atoms with Crippen LogP contribution in [0.15, 0.2) is 6.20 Å². The summed E-state index contributed by atoms with van der Waals surface area (Å²) in [5.74, 6) is 0.796. The van der Waals surface area contributed by atoms with E-state index >= 15 is 0 Å². The molecule has 16 heavy (non-hydrogen) atoms. The fourth-order valence-corrected chi connectivity index (χ4v) is 3.27. The molecule has 1 aromatic rings. The lowest BCUT2D eigenvalue weighted by Gasteiger charge is -2.37. The molecule has 1 aromatic heterocycles. The highest BCUT2D eigenvalue weighted by molar-refractivity contribution is 7.15. The number of thiazole rings is 1. The van der Waals surface area contributed by atoms with Crippen molar-refractivity contribution in [2.45, 2.75) is 32.4 Å². The Kier molecular flexibility index (Phi) is 4.19. The number of hydrogen-bond donors (Lipinski definition) is 1. The van der Waals surface area contributed by atoms with Crippen molar-refractivity contribution in [2.75, 3.05) is 13.1 Å². The molecule has 0 amide bonds. The molecule has 2 rings (SSSR count). The molecule has 0 aliphatic carbocycles. The van der Waals surface area contributed by atoms with Crippen LogP contribution in [-0.2, 0) is 6.54 Å². The number of nitrogens with zero attached hydrogens (tertiary/aromatic N) is 2. The monoisotopic (exact) mass is 259 g/mol. The van der Waals surface area contributed by atoms with Crippen LogP contribution in [-0.4, -0.2) is 29.0 Å². The average molecular weight is 260 g/mol. The maximum absolute atomic E-state index is 5.88. The van der Waals surface area contributed by atoms with E-state index in [0.717, 1.165) is 34.9 Å².